The van der Waals surface area contributed by atoms with Gasteiger partial charge in [-0.2, -0.15) is 0 Å². The molecule has 2 unspecified atom stereocenters. The van der Waals surface area contributed by atoms with Gasteiger partial charge in [0, 0.05) is 0 Å². The first-order valence-electron chi connectivity index (χ1n) is 16.2. The fourth-order valence-electron chi connectivity index (χ4n) is 7.88. The Morgan fingerprint density at radius 2 is 0.932 bits per heavy atom. The fraction of sp³-hybridized carbons (Fsp3) is 0.300. The summed E-state index contributed by atoms with van der Waals surface area (Å²) in [6.07, 6.45) is 4.96. The van der Waals surface area contributed by atoms with Gasteiger partial charge in [0.15, 0.2) is 0 Å². The number of rotatable bonds is 7. The van der Waals surface area contributed by atoms with Crippen LogP contribution >= 0.6 is 17.0 Å². The van der Waals surface area contributed by atoms with Crippen molar-refractivity contribution in [3.8, 4) is 22.3 Å². The Hall–Kier alpha value is -1.96. The molecular weight excluding hydrogens is 671 g/mol. The molecule has 44 heavy (non-hydrogen) atoms. The Kier molecular flexibility index (Phi) is 8.50. The SMILES string of the molecule is Cc1ccc(-c2cccc3c2C=C(C(C)C)[CH]3[Zr]([Cl])([Cl])([CH]2C(C(C)C)=Cc3c(-c4ccc(C)cc4)cccc32)[SiH](C)C)cc1. The molecule has 0 aromatic heterocycles. The molecule has 0 radical (unpaired) electrons. The van der Waals surface area contributed by atoms with Crippen LogP contribution in [0.25, 0.3) is 34.4 Å². The zero-order chi connectivity index (χ0) is 31.6. The van der Waals surface area contributed by atoms with Crippen molar-refractivity contribution in [2.45, 2.75) is 61.9 Å². The van der Waals surface area contributed by atoms with Crippen LogP contribution in [0.4, 0.5) is 0 Å². The van der Waals surface area contributed by atoms with Gasteiger partial charge in [-0.15, -0.1) is 0 Å². The summed E-state index contributed by atoms with van der Waals surface area (Å²) in [7, 11) is 17.3. The fourth-order valence-corrected chi connectivity index (χ4v) is 39.4. The summed E-state index contributed by atoms with van der Waals surface area (Å²) < 4.78 is 0.181. The predicted molar refractivity (Wildman–Crippen MR) is 195 cm³/mol. The summed E-state index contributed by atoms with van der Waals surface area (Å²) in [6.45, 7) is 18.5. The van der Waals surface area contributed by atoms with Gasteiger partial charge in [0.05, 0.1) is 0 Å². The summed E-state index contributed by atoms with van der Waals surface area (Å²) in [5.74, 6) is -0.933. The van der Waals surface area contributed by atoms with E-state index in [0.717, 1.165) is 0 Å². The van der Waals surface area contributed by atoms with E-state index >= 15 is 0 Å². The van der Waals surface area contributed by atoms with Gasteiger partial charge in [0.1, 0.15) is 0 Å². The van der Waals surface area contributed by atoms with Crippen LogP contribution < -0.4 is 0 Å². The van der Waals surface area contributed by atoms with Gasteiger partial charge in [-0.1, -0.05) is 0 Å². The van der Waals surface area contributed by atoms with Crippen LogP contribution in [0.15, 0.2) is 96.1 Å². The minimum atomic E-state index is -4.84. The zero-order valence-corrected chi connectivity index (χ0v) is 32.5. The number of fused-ring (bicyclic) bond motifs is 2. The molecule has 4 aromatic rings. The summed E-state index contributed by atoms with van der Waals surface area (Å²) in [5, 5.41) is 0. The quantitative estimate of drug-likeness (QED) is 0.167. The van der Waals surface area contributed by atoms with Crippen molar-refractivity contribution in [1.82, 2.24) is 0 Å². The zero-order valence-electron chi connectivity index (χ0n) is 27.4. The third kappa shape index (κ3) is 5.04. The topological polar surface area (TPSA) is 0 Å². The van der Waals surface area contributed by atoms with E-state index in [1.807, 2.05) is 0 Å². The molecule has 0 nitrogen and oxygen atoms in total. The Morgan fingerprint density at radius 3 is 1.25 bits per heavy atom. The third-order valence-electron chi connectivity index (χ3n) is 10.5. The maximum absolute atomic E-state index is 8.67. The van der Waals surface area contributed by atoms with Crippen LogP contribution in [0.1, 0.15) is 68.3 Å². The molecule has 2 atom stereocenters. The van der Waals surface area contributed by atoms with Crippen LogP contribution in [0.2, 0.25) is 13.1 Å². The third-order valence-corrected chi connectivity index (χ3v) is 62.1. The summed E-state index contributed by atoms with van der Waals surface area (Å²) in [4.78, 5) is 0. The van der Waals surface area contributed by atoms with Crippen molar-refractivity contribution < 1.29 is 15.6 Å². The van der Waals surface area contributed by atoms with Gasteiger partial charge in [-0.3, -0.25) is 0 Å². The second-order valence-electron chi connectivity index (χ2n) is 14.2. The first-order chi connectivity index (χ1) is 20.8. The average Bonchev–Trinajstić information content (AvgIpc) is 3.59. The van der Waals surface area contributed by atoms with Crippen LogP contribution in [0, 0.1) is 25.7 Å². The van der Waals surface area contributed by atoms with Crippen molar-refractivity contribution in [2.75, 3.05) is 0 Å². The predicted octanol–water partition coefficient (Wildman–Crippen LogP) is 12.5. The Bertz CT molecular complexity index is 1670. The molecular formula is C40H45Cl2SiZr. The van der Waals surface area contributed by atoms with Gasteiger partial charge in [-0.05, 0) is 0 Å². The van der Waals surface area contributed by atoms with E-state index in [2.05, 4.69) is 152 Å². The molecule has 0 heterocycles. The number of hydrogen-bond donors (Lipinski definition) is 0. The van der Waals surface area contributed by atoms with Crippen molar-refractivity contribution >= 4 is 35.1 Å². The molecule has 227 valence electrons. The van der Waals surface area contributed by atoms with Gasteiger partial charge < -0.3 is 0 Å². The van der Waals surface area contributed by atoms with E-state index in [9.17, 15) is 0 Å². The molecule has 0 N–H and O–H groups in total. The van der Waals surface area contributed by atoms with Gasteiger partial charge in [0.2, 0.25) is 0 Å². The normalized spacial score (nSPS) is 18.7. The summed E-state index contributed by atoms with van der Waals surface area (Å²) in [6, 6.07) is 31.6. The van der Waals surface area contributed by atoms with Crippen molar-refractivity contribution in [2.24, 2.45) is 11.8 Å². The number of hydrogen-bond acceptors (Lipinski definition) is 0. The maximum atomic E-state index is 8.67. The van der Waals surface area contributed by atoms with Gasteiger partial charge in [-0.25, -0.2) is 0 Å². The molecule has 4 aromatic carbocycles. The summed E-state index contributed by atoms with van der Waals surface area (Å²) >= 11 is -4.84. The van der Waals surface area contributed by atoms with Crippen LogP contribution in [0.5, 0.6) is 0 Å². The second-order valence-corrected chi connectivity index (χ2v) is 56.7. The first kappa shape index (κ1) is 32.0. The van der Waals surface area contributed by atoms with Crippen molar-refractivity contribution in [3.63, 3.8) is 0 Å². The monoisotopic (exact) mass is 713 g/mol. The Labute approximate surface area is 274 Å². The van der Waals surface area contributed by atoms with Crippen LogP contribution in [0.3, 0.4) is 0 Å². The van der Waals surface area contributed by atoms with Crippen molar-refractivity contribution in [1.29, 1.82) is 0 Å². The van der Waals surface area contributed by atoms with E-state index in [1.165, 1.54) is 66.8 Å². The first-order valence-corrected chi connectivity index (χ1v) is 32.5. The minimum absolute atomic E-state index is 0.0907. The van der Waals surface area contributed by atoms with Gasteiger partial charge in [0.25, 0.3) is 0 Å². The van der Waals surface area contributed by atoms with E-state index in [4.69, 9.17) is 17.0 Å². The van der Waals surface area contributed by atoms with Gasteiger partial charge >= 0.3 is 276 Å². The molecule has 0 bridgehead atoms. The van der Waals surface area contributed by atoms with E-state index in [0.29, 0.717) is 11.8 Å². The number of benzene rings is 4. The van der Waals surface area contributed by atoms with Crippen molar-refractivity contribution in [3.05, 3.63) is 129 Å². The second kappa shape index (κ2) is 11.7. The number of allylic oxidation sites excluding steroid dienone is 2. The summed E-state index contributed by atoms with van der Waals surface area (Å²) in [5.41, 5.74) is 15.9. The molecule has 0 fully saturated rings. The van der Waals surface area contributed by atoms with E-state index in [-0.39, 0.29) is 7.25 Å². The van der Waals surface area contributed by atoms with Crippen LogP contribution in [-0.2, 0) is 15.6 Å². The standard InChI is InChI=1S/2C19H19.C2H7Si.2ClH.Zr/c2*1-13(2)17-11-16-5-4-6-18(19(16)12-17)15-9-7-14(3)8-10-15;1-3-2;;;/h2*4-13H,1-3H3;3H,1-2H3;2*1H;/q;;;;;+2/p-2. The molecule has 0 saturated heterocycles. The molecule has 0 saturated carbocycles. The van der Waals surface area contributed by atoms with Crippen LogP contribution in [-0.4, -0.2) is 5.92 Å². The van der Waals surface area contributed by atoms with E-state index < -0.39 is 21.5 Å². The Balaban J connectivity index is 1.61. The molecule has 4 heteroatoms. The average molecular weight is 716 g/mol. The molecule has 2 aliphatic rings. The molecule has 2 aliphatic carbocycles. The molecule has 0 spiro atoms. The van der Waals surface area contributed by atoms with E-state index in [1.54, 1.807) is 0 Å². The Morgan fingerprint density at radius 1 is 0.568 bits per heavy atom. The molecule has 0 amide bonds. The molecule has 0 aliphatic heterocycles. The number of aryl methyl sites for hydroxylation is 2. The number of halogens is 2. The molecule has 6 rings (SSSR count).